The van der Waals surface area contributed by atoms with E-state index in [4.69, 9.17) is 4.74 Å². The fourth-order valence-corrected chi connectivity index (χ4v) is 2.67. The van der Waals surface area contributed by atoms with Gasteiger partial charge in [-0.2, -0.15) is 4.37 Å². The van der Waals surface area contributed by atoms with Crippen molar-refractivity contribution in [3.8, 4) is 0 Å². The Kier molecular flexibility index (Phi) is 5.21. The summed E-state index contributed by atoms with van der Waals surface area (Å²) in [5, 5.41) is 4.34. The average molecular weight is 322 g/mol. The van der Waals surface area contributed by atoms with E-state index in [0.717, 1.165) is 0 Å². The molecule has 0 bridgehead atoms. The highest BCUT2D eigenvalue weighted by Gasteiger charge is 2.23. The van der Waals surface area contributed by atoms with Gasteiger partial charge in [0.1, 0.15) is 5.82 Å². The topological polar surface area (TPSA) is 68.3 Å². The fourth-order valence-electron chi connectivity index (χ4n) is 1.97. The van der Waals surface area contributed by atoms with E-state index < -0.39 is 17.7 Å². The lowest BCUT2D eigenvalue weighted by Crippen LogP contribution is -2.32. The largest absolute Gasteiger partial charge is 0.468 e. The van der Waals surface area contributed by atoms with Crippen LogP contribution >= 0.6 is 11.5 Å². The molecule has 1 amide bonds. The Hall–Kier alpha value is -2.28. The van der Waals surface area contributed by atoms with Crippen LogP contribution in [0.4, 0.5) is 4.39 Å². The van der Waals surface area contributed by atoms with Crippen molar-refractivity contribution in [3.05, 3.63) is 52.3 Å². The third-order valence-corrected chi connectivity index (χ3v) is 3.94. The Morgan fingerprint density at radius 2 is 2.05 bits per heavy atom. The number of esters is 1. The molecule has 0 aliphatic carbocycles. The first-order valence-electron chi connectivity index (χ1n) is 6.55. The van der Waals surface area contributed by atoms with E-state index in [9.17, 15) is 14.0 Å². The summed E-state index contributed by atoms with van der Waals surface area (Å²) in [7, 11) is 1.27. The average Bonchev–Trinajstić information content (AvgIpc) is 2.94. The molecule has 22 heavy (non-hydrogen) atoms. The molecule has 1 aromatic heterocycles. The van der Waals surface area contributed by atoms with Gasteiger partial charge in [-0.15, -0.1) is 0 Å². The minimum Gasteiger partial charge on any atom is -0.468 e. The molecular formula is C15H15FN2O3S. The second-order valence-corrected chi connectivity index (χ2v) is 5.28. The first-order valence-corrected chi connectivity index (χ1v) is 7.39. The molecule has 5 nitrogen and oxygen atoms in total. The standard InChI is InChI=1S/C15H15FN2O3S/c1-9-13(8-22-18-9)14(19)17-7-12(15(20)21-2)10-3-5-11(16)6-4-10/h3-6,8,12H,7H2,1-2H3,(H,17,19)/t12-/m1/s1. The first kappa shape index (κ1) is 16.1. The number of methoxy groups -OCH3 is 1. The molecule has 0 spiro atoms. The van der Waals surface area contributed by atoms with Crippen LogP contribution in [-0.4, -0.2) is 29.9 Å². The quantitative estimate of drug-likeness (QED) is 0.858. The summed E-state index contributed by atoms with van der Waals surface area (Å²) in [5.41, 5.74) is 1.69. The number of nitrogens with zero attached hydrogens (tertiary/aromatic N) is 1. The van der Waals surface area contributed by atoms with Crippen molar-refractivity contribution in [2.75, 3.05) is 13.7 Å². The molecule has 0 aliphatic heterocycles. The van der Waals surface area contributed by atoms with E-state index >= 15 is 0 Å². The van der Waals surface area contributed by atoms with E-state index in [2.05, 4.69) is 9.69 Å². The van der Waals surface area contributed by atoms with Crippen molar-refractivity contribution in [2.45, 2.75) is 12.8 Å². The van der Waals surface area contributed by atoms with Crippen molar-refractivity contribution in [2.24, 2.45) is 0 Å². The number of ether oxygens (including phenoxy) is 1. The molecule has 2 aromatic rings. The van der Waals surface area contributed by atoms with Gasteiger partial charge in [0.2, 0.25) is 0 Å². The maximum atomic E-state index is 13.0. The van der Waals surface area contributed by atoms with Gasteiger partial charge in [0, 0.05) is 11.9 Å². The third-order valence-electron chi connectivity index (χ3n) is 3.22. The van der Waals surface area contributed by atoms with Crippen LogP contribution in [-0.2, 0) is 9.53 Å². The SMILES string of the molecule is COC(=O)[C@H](CNC(=O)c1csnc1C)c1ccc(F)cc1. The molecule has 1 heterocycles. The number of rotatable bonds is 5. The molecule has 0 unspecified atom stereocenters. The third kappa shape index (κ3) is 3.67. The summed E-state index contributed by atoms with van der Waals surface area (Å²) >= 11 is 1.19. The highest BCUT2D eigenvalue weighted by Crippen LogP contribution is 2.18. The lowest BCUT2D eigenvalue weighted by molar-refractivity contribution is -0.142. The van der Waals surface area contributed by atoms with E-state index in [-0.39, 0.29) is 12.5 Å². The van der Waals surface area contributed by atoms with E-state index in [0.29, 0.717) is 16.8 Å². The second kappa shape index (κ2) is 7.13. The summed E-state index contributed by atoms with van der Waals surface area (Å²) < 4.78 is 21.8. The van der Waals surface area contributed by atoms with Crippen LogP contribution in [0.1, 0.15) is 27.5 Å². The van der Waals surface area contributed by atoms with Crippen LogP contribution in [0.5, 0.6) is 0 Å². The number of aryl methyl sites for hydroxylation is 1. The number of aromatic nitrogens is 1. The Bertz CT molecular complexity index is 670. The predicted molar refractivity (Wildman–Crippen MR) is 80.3 cm³/mol. The van der Waals surface area contributed by atoms with Crippen LogP contribution < -0.4 is 5.32 Å². The minimum atomic E-state index is -0.693. The van der Waals surface area contributed by atoms with Gasteiger partial charge in [-0.1, -0.05) is 12.1 Å². The van der Waals surface area contributed by atoms with Crippen LogP contribution in [0, 0.1) is 12.7 Å². The van der Waals surface area contributed by atoms with Gasteiger partial charge in [-0.25, -0.2) is 4.39 Å². The summed E-state index contributed by atoms with van der Waals surface area (Å²) in [6.45, 7) is 1.80. The van der Waals surface area contributed by atoms with Crippen LogP contribution in [0.25, 0.3) is 0 Å². The summed E-state index contributed by atoms with van der Waals surface area (Å²) in [6.07, 6.45) is 0. The summed E-state index contributed by atoms with van der Waals surface area (Å²) in [4.78, 5) is 24.0. The molecule has 0 radical (unpaired) electrons. The highest BCUT2D eigenvalue weighted by molar-refractivity contribution is 7.03. The number of hydrogen-bond acceptors (Lipinski definition) is 5. The molecule has 0 fully saturated rings. The maximum Gasteiger partial charge on any atom is 0.314 e. The number of amides is 1. The van der Waals surface area contributed by atoms with Crippen molar-refractivity contribution in [3.63, 3.8) is 0 Å². The van der Waals surface area contributed by atoms with Crippen LogP contribution in [0.3, 0.4) is 0 Å². The van der Waals surface area contributed by atoms with Crippen molar-refractivity contribution < 1.29 is 18.7 Å². The monoisotopic (exact) mass is 322 g/mol. The van der Waals surface area contributed by atoms with Gasteiger partial charge in [-0.05, 0) is 36.2 Å². The molecule has 0 saturated heterocycles. The first-order chi connectivity index (χ1) is 10.5. The number of benzene rings is 1. The molecule has 0 saturated carbocycles. The molecule has 2 rings (SSSR count). The Morgan fingerprint density at radius 3 is 2.59 bits per heavy atom. The molecule has 1 atom stereocenters. The molecule has 1 aromatic carbocycles. The van der Waals surface area contributed by atoms with E-state index in [1.807, 2.05) is 0 Å². The molecule has 116 valence electrons. The molecular weight excluding hydrogens is 307 g/mol. The summed E-state index contributed by atoms with van der Waals surface area (Å²) in [6, 6.07) is 5.53. The zero-order valence-electron chi connectivity index (χ0n) is 12.1. The zero-order valence-corrected chi connectivity index (χ0v) is 12.9. The van der Waals surface area contributed by atoms with Gasteiger partial charge >= 0.3 is 5.97 Å². The van der Waals surface area contributed by atoms with E-state index in [1.54, 1.807) is 12.3 Å². The van der Waals surface area contributed by atoms with Crippen LogP contribution in [0.15, 0.2) is 29.6 Å². The van der Waals surface area contributed by atoms with E-state index in [1.165, 1.54) is 42.9 Å². The number of hydrogen-bond donors (Lipinski definition) is 1. The molecule has 7 heteroatoms. The van der Waals surface area contributed by atoms with Gasteiger partial charge in [0.25, 0.3) is 5.91 Å². The maximum absolute atomic E-state index is 13.0. The minimum absolute atomic E-state index is 0.0619. The summed E-state index contributed by atoms with van der Waals surface area (Å²) in [5.74, 6) is -1.88. The number of carbonyl (C=O) groups is 2. The van der Waals surface area contributed by atoms with Crippen molar-refractivity contribution in [1.29, 1.82) is 0 Å². The van der Waals surface area contributed by atoms with Crippen LogP contribution in [0.2, 0.25) is 0 Å². The number of carbonyl (C=O) groups excluding carboxylic acids is 2. The lowest BCUT2D eigenvalue weighted by Gasteiger charge is -2.15. The van der Waals surface area contributed by atoms with Gasteiger partial charge in [0.05, 0.1) is 24.3 Å². The number of halogens is 1. The fraction of sp³-hybridized carbons (Fsp3) is 0.267. The highest BCUT2D eigenvalue weighted by atomic mass is 32.1. The van der Waals surface area contributed by atoms with Crippen molar-refractivity contribution in [1.82, 2.24) is 9.69 Å². The predicted octanol–water partition coefficient (Wildman–Crippen LogP) is 2.28. The zero-order chi connectivity index (χ0) is 16.1. The normalized spacial score (nSPS) is 11.8. The van der Waals surface area contributed by atoms with Gasteiger partial charge in [0.15, 0.2) is 0 Å². The van der Waals surface area contributed by atoms with Crippen molar-refractivity contribution >= 4 is 23.4 Å². The van der Waals surface area contributed by atoms with Gasteiger partial charge in [-0.3, -0.25) is 9.59 Å². The smallest absolute Gasteiger partial charge is 0.314 e. The van der Waals surface area contributed by atoms with Gasteiger partial charge < -0.3 is 10.1 Å². The Morgan fingerprint density at radius 1 is 1.36 bits per heavy atom. The Labute approximate surface area is 131 Å². The molecule has 0 aliphatic rings. The number of nitrogens with one attached hydrogen (secondary N) is 1. The lowest BCUT2D eigenvalue weighted by atomic mass is 9.99. The second-order valence-electron chi connectivity index (χ2n) is 4.65. The molecule has 1 N–H and O–H groups in total. The Balaban J connectivity index is 2.11.